The molecule has 1 aromatic carbocycles. The second-order valence-corrected chi connectivity index (χ2v) is 6.09. The summed E-state index contributed by atoms with van der Waals surface area (Å²) in [7, 11) is 1.52. The number of aromatic nitrogens is 3. The van der Waals surface area contributed by atoms with Crippen LogP contribution in [0.15, 0.2) is 18.2 Å². The first-order chi connectivity index (χ1) is 11.6. The normalized spacial score (nSPS) is 20.1. The molecular formula is C16H19ClN4O3. The van der Waals surface area contributed by atoms with E-state index in [4.69, 9.17) is 21.1 Å². The first kappa shape index (κ1) is 16.7. The number of nitrogens with one attached hydrogen (secondary N) is 2. The van der Waals surface area contributed by atoms with Crippen LogP contribution in [0.4, 0.5) is 0 Å². The molecule has 1 saturated heterocycles. The number of methoxy groups -OCH3 is 1. The highest BCUT2D eigenvalue weighted by molar-refractivity contribution is 6.31. The molecule has 128 valence electrons. The van der Waals surface area contributed by atoms with Gasteiger partial charge in [-0.1, -0.05) is 11.6 Å². The van der Waals surface area contributed by atoms with E-state index >= 15 is 0 Å². The Morgan fingerprint density at radius 2 is 2.33 bits per heavy atom. The fourth-order valence-electron chi connectivity index (χ4n) is 2.71. The van der Waals surface area contributed by atoms with E-state index in [0.29, 0.717) is 28.7 Å². The van der Waals surface area contributed by atoms with Crippen molar-refractivity contribution in [2.24, 2.45) is 0 Å². The second-order valence-electron chi connectivity index (χ2n) is 5.66. The fraction of sp³-hybridized carbons (Fsp3) is 0.438. The van der Waals surface area contributed by atoms with Gasteiger partial charge in [0.2, 0.25) is 0 Å². The van der Waals surface area contributed by atoms with Crippen LogP contribution in [-0.4, -0.2) is 40.8 Å². The second kappa shape index (κ2) is 7.19. The lowest BCUT2D eigenvalue weighted by molar-refractivity contribution is 0.0392. The number of rotatable bonds is 5. The number of aryl methyl sites for hydroxylation is 1. The lowest BCUT2D eigenvalue weighted by Gasteiger charge is -2.14. The third-order valence-corrected chi connectivity index (χ3v) is 4.14. The smallest absolute Gasteiger partial charge is 0.255 e. The predicted octanol–water partition coefficient (Wildman–Crippen LogP) is 2.43. The van der Waals surface area contributed by atoms with Gasteiger partial charge in [-0.15, -0.1) is 0 Å². The van der Waals surface area contributed by atoms with Crippen molar-refractivity contribution in [3.63, 3.8) is 0 Å². The number of carbonyl (C=O) groups excluding carboxylic acids is 1. The molecule has 2 aromatic rings. The molecule has 24 heavy (non-hydrogen) atoms. The Hall–Kier alpha value is -2.12. The summed E-state index contributed by atoms with van der Waals surface area (Å²) in [6.45, 7) is 2.26. The maximum absolute atomic E-state index is 12.4. The van der Waals surface area contributed by atoms with Gasteiger partial charge in [0.05, 0.1) is 18.8 Å². The van der Waals surface area contributed by atoms with E-state index in [1.165, 1.54) is 7.11 Å². The van der Waals surface area contributed by atoms with Crippen LogP contribution in [0.2, 0.25) is 5.02 Å². The average Bonchev–Trinajstić information content (AvgIpc) is 3.21. The van der Waals surface area contributed by atoms with E-state index in [1.807, 2.05) is 6.92 Å². The lowest BCUT2D eigenvalue weighted by atomic mass is 10.1. The number of H-pyrrole nitrogens is 1. The quantitative estimate of drug-likeness (QED) is 0.864. The fourth-order valence-corrected chi connectivity index (χ4v) is 2.88. The molecule has 2 heterocycles. The Labute approximate surface area is 144 Å². The summed E-state index contributed by atoms with van der Waals surface area (Å²) in [6.07, 6.45) is 1.48. The predicted molar refractivity (Wildman–Crippen MR) is 88.3 cm³/mol. The molecular weight excluding hydrogens is 332 g/mol. The van der Waals surface area contributed by atoms with Crippen molar-refractivity contribution in [1.82, 2.24) is 20.5 Å². The molecule has 0 bridgehead atoms. The molecule has 0 radical (unpaired) electrons. The van der Waals surface area contributed by atoms with Crippen LogP contribution < -0.4 is 10.1 Å². The van der Waals surface area contributed by atoms with E-state index in [0.717, 1.165) is 18.7 Å². The van der Waals surface area contributed by atoms with Crippen molar-refractivity contribution >= 4 is 17.5 Å². The molecule has 7 nitrogen and oxygen atoms in total. The Morgan fingerprint density at radius 1 is 1.50 bits per heavy atom. The maximum atomic E-state index is 12.4. The maximum Gasteiger partial charge on any atom is 0.255 e. The standard InChI is InChI=1S/C16H19ClN4O3/c1-9-19-15(21-20-9)14-6-4-11(24-14)8-18-16(22)12-7-10(17)3-5-13(12)23-2/h3,5,7,11,14H,4,6,8H2,1-2H3,(H,18,22)(H,19,20,21)/t11-,14+/m1/s1. The molecule has 1 aromatic heterocycles. The third kappa shape index (κ3) is 3.68. The van der Waals surface area contributed by atoms with Crippen molar-refractivity contribution < 1.29 is 14.3 Å². The summed E-state index contributed by atoms with van der Waals surface area (Å²) in [5.74, 6) is 1.67. The topological polar surface area (TPSA) is 89.1 Å². The van der Waals surface area contributed by atoms with Crippen LogP contribution in [0.1, 0.15) is 41.0 Å². The van der Waals surface area contributed by atoms with Gasteiger partial charge >= 0.3 is 0 Å². The minimum Gasteiger partial charge on any atom is -0.496 e. The number of aromatic amines is 1. The van der Waals surface area contributed by atoms with Crippen LogP contribution in [0.25, 0.3) is 0 Å². The van der Waals surface area contributed by atoms with Crippen molar-refractivity contribution in [3.8, 4) is 5.75 Å². The molecule has 0 spiro atoms. The van der Waals surface area contributed by atoms with Gasteiger partial charge in [0.15, 0.2) is 5.82 Å². The number of amides is 1. The molecule has 1 fully saturated rings. The molecule has 1 aliphatic heterocycles. The number of hydrogen-bond acceptors (Lipinski definition) is 5. The Morgan fingerprint density at radius 3 is 3.04 bits per heavy atom. The molecule has 1 amide bonds. The summed E-state index contributed by atoms with van der Waals surface area (Å²) >= 11 is 5.96. The van der Waals surface area contributed by atoms with Gasteiger partial charge in [0.25, 0.3) is 5.91 Å². The van der Waals surface area contributed by atoms with Gasteiger partial charge in [-0.25, -0.2) is 4.98 Å². The number of nitrogens with zero attached hydrogens (tertiary/aromatic N) is 2. The third-order valence-electron chi connectivity index (χ3n) is 3.91. The lowest BCUT2D eigenvalue weighted by Crippen LogP contribution is -2.32. The highest BCUT2D eigenvalue weighted by atomic mass is 35.5. The summed E-state index contributed by atoms with van der Waals surface area (Å²) in [4.78, 5) is 16.6. The number of carbonyl (C=O) groups is 1. The van der Waals surface area contributed by atoms with E-state index in [1.54, 1.807) is 18.2 Å². The highest BCUT2D eigenvalue weighted by Gasteiger charge is 2.29. The Bertz CT molecular complexity index is 734. The summed E-state index contributed by atoms with van der Waals surface area (Å²) in [5.41, 5.74) is 0.407. The van der Waals surface area contributed by atoms with E-state index in [9.17, 15) is 4.79 Å². The van der Waals surface area contributed by atoms with E-state index in [2.05, 4.69) is 20.5 Å². The van der Waals surface area contributed by atoms with Crippen LogP contribution in [0.5, 0.6) is 5.75 Å². The van der Waals surface area contributed by atoms with Gasteiger partial charge in [-0.2, -0.15) is 5.10 Å². The highest BCUT2D eigenvalue weighted by Crippen LogP contribution is 2.30. The van der Waals surface area contributed by atoms with E-state index < -0.39 is 0 Å². The van der Waals surface area contributed by atoms with Crippen LogP contribution in [-0.2, 0) is 4.74 Å². The number of benzene rings is 1. The number of halogens is 1. The SMILES string of the molecule is COc1ccc(Cl)cc1C(=O)NC[C@H]1CC[C@@H](c2n[nH]c(C)n2)O1. The molecule has 0 unspecified atom stereocenters. The molecule has 0 saturated carbocycles. The first-order valence-electron chi connectivity index (χ1n) is 7.73. The van der Waals surface area contributed by atoms with Crippen LogP contribution in [0.3, 0.4) is 0 Å². The van der Waals surface area contributed by atoms with Gasteiger partial charge in [-0.3, -0.25) is 9.89 Å². The summed E-state index contributed by atoms with van der Waals surface area (Å²) < 4.78 is 11.1. The molecule has 3 rings (SSSR count). The van der Waals surface area contributed by atoms with Crippen LogP contribution >= 0.6 is 11.6 Å². The minimum atomic E-state index is -0.241. The molecule has 8 heteroatoms. The molecule has 2 N–H and O–H groups in total. The van der Waals surface area contributed by atoms with Gasteiger partial charge < -0.3 is 14.8 Å². The zero-order chi connectivity index (χ0) is 17.1. The van der Waals surface area contributed by atoms with Crippen molar-refractivity contribution in [2.45, 2.75) is 32.0 Å². The summed E-state index contributed by atoms with van der Waals surface area (Å²) in [6, 6.07) is 4.94. The molecule has 1 aliphatic rings. The first-order valence-corrected chi connectivity index (χ1v) is 8.10. The number of hydrogen-bond donors (Lipinski definition) is 2. The van der Waals surface area contributed by atoms with Crippen molar-refractivity contribution in [3.05, 3.63) is 40.4 Å². The van der Waals surface area contributed by atoms with E-state index in [-0.39, 0.29) is 18.1 Å². The van der Waals surface area contributed by atoms with Gasteiger partial charge in [0, 0.05) is 11.6 Å². The Balaban J connectivity index is 1.57. The number of ether oxygens (including phenoxy) is 2. The largest absolute Gasteiger partial charge is 0.496 e. The van der Waals surface area contributed by atoms with Gasteiger partial charge in [-0.05, 0) is 38.0 Å². The van der Waals surface area contributed by atoms with Crippen molar-refractivity contribution in [1.29, 1.82) is 0 Å². The zero-order valence-electron chi connectivity index (χ0n) is 13.5. The summed E-state index contributed by atoms with van der Waals surface area (Å²) in [5, 5.41) is 10.3. The minimum absolute atomic E-state index is 0.0667. The zero-order valence-corrected chi connectivity index (χ0v) is 14.3. The molecule has 2 atom stereocenters. The Kier molecular flexibility index (Phi) is 5.01. The molecule has 0 aliphatic carbocycles. The van der Waals surface area contributed by atoms with Crippen molar-refractivity contribution in [2.75, 3.05) is 13.7 Å². The monoisotopic (exact) mass is 350 g/mol. The average molecular weight is 351 g/mol. The van der Waals surface area contributed by atoms with Gasteiger partial charge in [0.1, 0.15) is 17.7 Å². The van der Waals surface area contributed by atoms with Crippen LogP contribution in [0, 0.1) is 6.92 Å².